The molecule has 1 aliphatic rings. The molecule has 2 aromatic rings. The number of rotatable bonds is 3. The molecule has 3 heteroatoms. The lowest BCUT2D eigenvalue weighted by Crippen LogP contribution is -2.05. The second kappa shape index (κ2) is 5.40. The van der Waals surface area contributed by atoms with Crippen molar-refractivity contribution in [3.63, 3.8) is 0 Å². The molecule has 1 fully saturated rings. The highest BCUT2D eigenvalue weighted by Crippen LogP contribution is 2.69. The first-order chi connectivity index (χ1) is 10.7. The van der Waals surface area contributed by atoms with Gasteiger partial charge in [-0.1, -0.05) is 63.2 Å². The summed E-state index contributed by atoms with van der Waals surface area (Å²) in [5.41, 5.74) is 2.71. The topological polar surface area (TPSA) is 0 Å². The summed E-state index contributed by atoms with van der Waals surface area (Å²) in [6.07, 6.45) is -3.29. The van der Waals surface area contributed by atoms with Crippen LogP contribution in [0.3, 0.4) is 0 Å². The lowest BCUT2D eigenvalue weighted by atomic mass is 10.0. The lowest BCUT2D eigenvalue weighted by molar-refractivity contribution is -0.137. The van der Waals surface area contributed by atoms with Crippen LogP contribution >= 0.6 is 0 Å². The van der Waals surface area contributed by atoms with Crippen molar-refractivity contribution in [1.29, 1.82) is 0 Å². The molecule has 0 aliphatic heterocycles. The van der Waals surface area contributed by atoms with Crippen LogP contribution in [-0.2, 0) is 12.6 Å². The van der Waals surface area contributed by atoms with Crippen molar-refractivity contribution in [2.45, 2.75) is 45.2 Å². The first-order valence-electron chi connectivity index (χ1n) is 8.01. The third kappa shape index (κ3) is 2.89. The normalized spacial score (nSPS) is 22.9. The molecule has 0 spiro atoms. The van der Waals surface area contributed by atoms with E-state index in [1.54, 1.807) is 0 Å². The minimum atomic E-state index is -4.28. The maximum atomic E-state index is 12.9. The molecular formula is C20H21F3. The van der Waals surface area contributed by atoms with Gasteiger partial charge in [-0.05, 0) is 46.4 Å². The largest absolute Gasteiger partial charge is 0.416 e. The van der Waals surface area contributed by atoms with Gasteiger partial charge in [-0.3, -0.25) is 0 Å². The number of aryl methyl sites for hydroxylation is 1. The molecule has 3 rings (SSSR count). The molecule has 122 valence electrons. The number of hydrogen-bond donors (Lipinski definition) is 0. The molecule has 0 amide bonds. The third-order valence-corrected chi connectivity index (χ3v) is 5.15. The molecule has 0 nitrogen and oxygen atoms in total. The van der Waals surface area contributed by atoms with E-state index in [2.05, 4.69) is 45.0 Å². The van der Waals surface area contributed by atoms with Crippen LogP contribution in [0.5, 0.6) is 0 Å². The van der Waals surface area contributed by atoms with Crippen molar-refractivity contribution >= 4 is 0 Å². The number of halogens is 3. The van der Waals surface area contributed by atoms with Gasteiger partial charge in [0.05, 0.1) is 5.56 Å². The van der Waals surface area contributed by atoms with Crippen LogP contribution in [0.2, 0.25) is 0 Å². The third-order valence-electron chi connectivity index (χ3n) is 5.15. The van der Waals surface area contributed by atoms with Gasteiger partial charge in [-0.15, -0.1) is 0 Å². The van der Waals surface area contributed by atoms with E-state index in [9.17, 15) is 13.2 Å². The summed E-state index contributed by atoms with van der Waals surface area (Å²) in [5.74, 6) is 0.411. The molecule has 0 radical (unpaired) electrons. The predicted octanol–water partition coefficient (Wildman–Crippen LogP) is 6.18. The maximum Gasteiger partial charge on any atom is 0.416 e. The first kappa shape index (κ1) is 16.1. The van der Waals surface area contributed by atoms with Crippen LogP contribution in [0, 0.1) is 5.41 Å². The zero-order chi connectivity index (χ0) is 16.8. The number of benzene rings is 2. The van der Waals surface area contributed by atoms with Crippen LogP contribution in [0.15, 0.2) is 48.5 Å². The average Bonchev–Trinajstić information content (AvgIpc) is 3.09. The van der Waals surface area contributed by atoms with Crippen LogP contribution < -0.4 is 0 Å². The van der Waals surface area contributed by atoms with Crippen LogP contribution in [-0.4, -0.2) is 0 Å². The molecule has 0 aromatic heterocycles. The highest BCUT2D eigenvalue weighted by atomic mass is 19.4. The van der Waals surface area contributed by atoms with Gasteiger partial charge in [0, 0.05) is 0 Å². The van der Waals surface area contributed by atoms with Crippen LogP contribution in [0.1, 0.15) is 54.9 Å². The molecule has 0 N–H and O–H groups in total. The van der Waals surface area contributed by atoms with E-state index in [0.29, 0.717) is 0 Å². The van der Waals surface area contributed by atoms with Crippen molar-refractivity contribution < 1.29 is 13.2 Å². The fraction of sp³-hybridized carbons (Fsp3) is 0.400. The minimum absolute atomic E-state index is 0.0159. The summed E-state index contributed by atoms with van der Waals surface area (Å²) >= 11 is 0. The SMILES string of the molecule is CCc1ccc(C2C(c3cccc(C(F)(F)F)c3)C2(C)C)cc1. The Kier molecular flexibility index (Phi) is 3.78. The Bertz CT molecular complexity index is 696. The summed E-state index contributed by atoms with van der Waals surface area (Å²) < 4.78 is 38.8. The quantitative estimate of drug-likeness (QED) is 0.634. The Labute approximate surface area is 135 Å². The van der Waals surface area contributed by atoms with Crippen LogP contribution in [0.25, 0.3) is 0 Å². The molecular weight excluding hydrogens is 297 g/mol. The Balaban J connectivity index is 1.91. The van der Waals surface area contributed by atoms with Crippen molar-refractivity contribution in [2.75, 3.05) is 0 Å². The molecule has 1 aliphatic carbocycles. The van der Waals surface area contributed by atoms with Gasteiger partial charge in [-0.2, -0.15) is 13.2 Å². The molecule has 23 heavy (non-hydrogen) atoms. The van der Waals surface area contributed by atoms with E-state index >= 15 is 0 Å². The zero-order valence-corrected chi connectivity index (χ0v) is 13.6. The van der Waals surface area contributed by atoms with Crippen molar-refractivity contribution in [1.82, 2.24) is 0 Å². The average molecular weight is 318 g/mol. The summed E-state index contributed by atoms with van der Waals surface area (Å²) in [5, 5.41) is 0. The van der Waals surface area contributed by atoms with Gasteiger partial charge >= 0.3 is 6.18 Å². The maximum absolute atomic E-state index is 12.9. The standard InChI is InChI=1S/C20H21F3/c1-4-13-8-10-14(11-9-13)17-18(19(17,2)3)15-6-5-7-16(12-15)20(21,22)23/h5-12,17-18H,4H2,1-3H3. The van der Waals surface area contributed by atoms with E-state index in [-0.39, 0.29) is 17.3 Å². The van der Waals surface area contributed by atoms with Gasteiger partial charge in [0.1, 0.15) is 0 Å². The van der Waals surface area contributed by atoms with E-state index < -0.39 is 11.7 Å². The molecule has 2 atom stereocenters. The summed E-state index contributed by atoms with van der Waals surface area (Å²) in [4.78, 5) is 0. The van der Waals surface area contributed by atoms with Gasteiger partial charge in [0.15, 0.2) is 0 Å². The van der Waals surface area contributed by atoms with E-state index in [0.717, 1.165) is 18.1 Å². The number of alkyl halides is 3. The molecule has 2 unspecified atom stereocenters. The van der Waals surface area contributed by atoms with Crippen molar-refractivity contribution in [3.8, 4) is 0 Å². The Morgan fingerprint density at radius 1 is 0.913 bits per heavy atom. The van der Waals surface area contributed by atoms with Gasteiger partial charge < -0.3 is 0 Å². The van der Waals surface area contributed by atoms with E-state index in [4.69, 9.17) is 0 Å². The van der Waals surface area contributed by atoms with Gasteiger partial charge in [0.25, 0.3) is 0 Å². The highest BCUT2D eigenvalue weighted by molar-refractivity contribution is 5.44. The molecule has 1 saturated carbocycles. The Hall–Kier alpha value is -1.77. The fourth-order valence-corrected chi connectivity index (χ4v) is 3.75. The van der Waals surface area contributed by atoms with Gasteiger partial charge in [0.2, 0.25) is 0 Å². The molecule has 0 saturated heterocycles. The Morgan fingerprint density at radius 2 is 1.52 bits per heavy atom. The second-order valence-corrected chi connectivity index (χ2v) is 7.00. The van der Waals surface area contributed by atoms with Gasteiger partial charge in [-0.25, -0.2) is 0 Å². The summed E-state index contributed by atoms with van der Waals surface area (Å²) in [7, 11) is 0. The molecule has 0 bridgehead atoms. The highest BCUT2D eigenvalue weighted by Gasteiger charge is 2.58. The number of hydrogen-bond acceptors (Lipinski definition) is 0. The second-order valence-electron chi connectivity index (χ2n) is 7.00. The van der Waals surface area contributed by atoms with Crippen molar-refractivity contribution in [2.24, 2.45) is 5.41 Å². The zero-order valence-electron chi connectivity index (χ0n) is 13.6. The summed E-state index contributed by atoms with van der Waals surface area (Å²) in [6.45, 7) is 6.38. The first-order valence-corrected chi connectivity index (χ1v) is 8.01. The molecule has 0 heterocycles. The fourth-order valence-electron chi connectivity index (χ4n) is 3.75. The molecule has 2 aromatic carbocycles. The summed E-state index contributed by atoms with van der Waals surface area (Å²) in [6, 6.07) is 14.3. The predicted molar refractivity (Wildman–Crippen MR) is 86.5 cm³/mol. The van der Waals surface area contributed by atoms with E-state index in [1.165, 1.54) is 23.3 Å². The van der Waals surface area contributed by atoms with Crippen LogP contribution in [0.4, 0.5) is 13.2 Å². The smallest absolute Gasteiger partial charge is 0.166 e. The Morgan fingerprint density at radius 3 is 2.09 bits per heavy atom. The van der Waals surface area contributed by atoms with E-state index in [1.807, 2.05) is 6.07 Å². The monoisotopic (exact) mass is 318 g/mol. The minimum Gasteiger partial charge on any atom is -0.166 e. The lowest BCUT2D eigenvalue weighted by Gasteiger charge is -2.09. The van der Waals surface area contributed by atoms with Crippen molar-refractivity contribution in [3.05, 3.63) is 70.8 Å².